The molecule has 8 atom stereocenters. The second-order valence-corrected chi connectivity index (χ2v) is 15.8. The monoisotopic (exact) mass is 723 g/mol. The van der Waals surface area contributed by atoms with E-state index < -0.39 is 30.1 Å². The van der Waals surface area contributed by atoms with Crippen LogP contribution in [-0.4, -0.2) is 122 Å². The number of ether oxygens (including phenoxy) is 1. The number of aliphatic hydroxyl groups is 2. The molecule has 2 bridgehead atoms. The van der Waals surface area contributed by atoms with Crippen LogP contribution in [0.1, 0.15) is 56.5 Å². The molecule has 13 heteroatoms. The quantitative estimate of drug-likeness (QED) is 0.184. The molecule has 1 unspecified atom stereocenters. The maximum absolute atomic E-state index is 14.2. The highest BCUT2D eigenvalue weighted by Gasteiger charge is 2.57. The smallest absolute Gasteiger partial charge is 0.317 e. The Balaban J connectivity index is 1.41. The number of hydrogen-bond acceptors (Lipinski definition) is 10. The molecule has 2 aromatic rings. The van der Waals surface area contributed by atoms with E-state index >= 15 is 0 Å². The van der Waals surface area contributed by atoms with Gasteiger partial charge in [-0.3, -0.25) is 24.1 Å². The van der Waals surface area contributed by atoms with E-state index in [0.29, 0.717) is 35.6 Å². The molecule has 2 amide bonds. The largest absolute Gasteiger partial charge is 0.496 e. The average molecular weight is 724 g/mol. The third kappa shape index (κ3) is 8.08. The second-order valence-electron chi connectivity index (χ2n) is 15.8. The zero-order valence-electron chi connectivity index (χ0n) is 31.8. The molecule has 3 saturated carbocycles. The van der Waals surface area contributed by atoms with Crippen molar-refractivity contribution < 1.29 is 39.3 Å². The topological polar surface area (TPSA) is 164 Å². The summed E-state index contributed by atoms with van der Waals surface area (Å²) in [4.78, 5) is 48.3. The van der Waals surface area contributed by atoms with Gasteiger partial charge in [-0.15, -0.1) is 0 Å². The number of carbonyl (C=O) groups excluding carboxylic acids is 2. The number of carboxylic acids is 1. The van der Waals surface area contributed by atoms with Crippen LogP contribution in [0.15, 0.2) is 36.4 Å². The third-order valence-corrected chi connectivity index (χ3v) is 11.9. The van der Waals surface area contributed by atoms with Crippen LogP contribution in [0.2, 0.25) is 0 Å². The van der Waals surface area contributed by atoms with Crippen LogP contribution in [0.3, 0.4) is 0 Å². The Morgan fingerprint density at radius 2 is 1.87 bits per heavy atom. The fraction of sp³-hybridized carbons (Fsp3) is 0.615. The van der Waals surface area contributed by atoms with Crippen LogP contribution in [0.25, 0.3) is 11.1 Å². The maximum atomic E-state index is 14.2. The molecule has 4 fully saturated rings. The van der Waals surface area contributed by atoms with Crippen LogP contribution >= 0.6 is 0 Å². The average Bonchev–Trinajstić information content (AvgIpc) is 3.46. The Bertz CT molecular complexity index is 1610. The molecule has 4 aliphatic rings. The molecule has 286 valence electrons. The zero-order valence-corrected chi connectivity index (χ0v) is 31.8. The number of nitrogens with zero attached hydrogens (tertiary/aromatic N) is 3. The summed E-state index contributed by atoms with van der Waals surface area (Å²) < 4.78 is 6.01. The van der Waals surface area contributed by atoms with Crippen molar-refractivity contribution >= 4 is 23.5 Å². The van der Waals surface area contributed by atoms with Gasteiger partial charge in [0.1, 0.15) is 17.9 Å². The van der Waals surface area contributed by atoms with Gasteiger partial charge in [0.05, 0.1) is 32.9 Å². The number of fused-ring (bicyclic) bond motifs is 2. The predicted octanol–water partition coefficient (Wildman–Crippen LogP) is 2.84. The summed E-state index contributed by atoms with van der Waals surface area (Å²) in [6.07, 6.45) is 0.408. The van der Waals surface area contributed by atoms with E-state index in [1.807, 2.05) is 43.3 Å². The van der Waals surface area contributed by atoms with Gasteiger partial charge < -0.3 is 35.6 Å². The first-order chi connectivity index (χ1) is 24.6. The molecule has 0 spiro atoms. The molecule has 2 aromatic carbocycles. The summed E-state index contributed by atoms with van der Waals surface area (Å²) >= 11 is 0. The number of aliphatic hydroxyl groups excluding tert-OH is 2. The highest BCUT2D eigenvalue weighted by atomic mass is 16.7. The summed E-state index contributed by atoms with van der Waals surface area (Å²) in [5.41, 5.74) is 3.67. The lowest BCUT2D eigenvalue weighted by molar-refractivity contribution is -0.183. The number of hydrogen-bond donors (Lipinski definition) is 5. The number of methoxy groups -OCH3 is 1. The molecule has 1 aliphatic heterocycles. The molecular formula is C39H57N5O8. The van der Waals surface area contributed by atoms with E-state index in [4.69, 9.17) is 14.7 Å². The fourth-order valence-electron chi connectivity index (χ4n) is 8.76. The SMILES string of the molecule is COc1c(CN2O[C@@H](CO)[C@@H](C(C)O)[C@H]2C(=O)N[C@H]2C[C@H]3C[C@@H]([C@@H]2C)C3(C)C)cccc1-c1cc(C(=O)NCCN(C)CC(=O)O)cc(N(C)C)c1. The lowest BCUT2D eigenvalue weighted by Gasteiger charge is -2.62. The number of hydroxylamine groups is 2. The van der Waals surface area contributed by atoms with Crippen molar-refractivity contribution in [1.29, 1.82) is 0 Å². The molecular weight excluding hydrogens is 666 g/mol. The molecule has 13 nitrogen and oxygen atoms in total. The van der Waals surface area contributed by atoms with Crippen molar-refractivity contribution in [3.63, 3.8) is 0 Å². The summed E-state index contributed by atoms with van der Waals surface area (Å²) in [5.74, 6) is -0.167. The van der Waals surface area contributed by atoms with E-state index in [-0.39, 0.29) is 49.5 Å². The van der Waals surface area contributed by atoms with Crippen LogP contribution < -0.4 is 20.3 Å². The minimum absolute atomic E-state index is 0.0211. The number of likely N-dealkylation sites (N-methyl/N-ethyl adjacent to an activating group) is 1. The van der Waals surface area contributed by atoms with Crippen molar-refractivity contribution in [2.24, 2.45) is 29.1 Å². The van der Waals surface area contributed by atoms with Crippen molar-refractivity contribution in [1.82, 2.24) is 20.6 Å². The molecule has 1 heterocycles. The van der Waals surface area contributed by atoms with Gasteiger partial charge in [-0.25, -0.2) is 0 Å². The number of carboxylic acid groups (broad SMARTS) is 1. The molecule has 52 heavy (non-hydrogen) atoms. The molecule has 3 aliphatic carbocycles. The minimum Gasteiger partial charge on any atom is -0.496 e. The van der Waals surface area contributed by atoms with E-state index in [1.165, 1.54) is 6.42 Å². The predicted molar refractivity (Wildman–Crippen MR) is 198 cm³/mol. The van der Waals surface area contributed by atoms with Crippen LogP contribution in [-0.2, 0) is 21.0 Å². The first kappa shape index (κ1) is 39.5. The molecule has 6 rings (SSSR count). The van der Waals surface area contributed by atoms with Gasteiger partial charge in [-0.1, -0.05) is 39.0 Å². The van der Waals surface area contributed by atoms with E-state index in [2.05, 4.69) is 31.4 Å². The standard InChI is InChI=1S/C39H57N5O8/c1-22-30-17-27(39(30,3)4)18-31(22)41-38(50)35-34(23(2)46)32(21-45)52-44(35)19-24-10-9-11-29(36(24)51-8)25-14-26(16-28(15-25)42(5)6)37(49)40-12-13-43(7)20-33(47)48/h9-11,14-16,22-23,27,30-32,34-35,45-46H,12-13,17-21H2,1-8H3,(H,40,49)(H,41,50)(H,47,48)/t22-,23?,27+,30-,31-,32-,34+,35-/m0/s1. The Hall–Kier alpha value is -3.75. The maximum Gasteiger partial charge on any atom is 0.317 e. The highest BCUT2D eigenvalue weighted by molar-refractivity contribution is 5.97. The van der Waals surface area contributed by atoms with Gasteiger partial charge in [0, 0.05) is 61.5 Å². The van der Waals surface area contributed by atoms with Crippen LogP contribution in [0.5, 0.6) is 5.75 Å². The summed E-state index contributed by atoms with van der Waals surface area (Å²) in [6.45, 7) is 8.79. The number of rotatable bonds is 15. The number of para-hydroxylation sites is 1. The van der Waals surface area contributed by atoms with Gasteiger partial charge in [-0.05, 0) is 73.7 Å². The lowest BCUT2D eigenvalue weighted by Crippen LogP contribution is -2.62. The first-order valence-corrected chi connectivity index (χ1v) is 18.3. The fourth-order valence-corrected chi connectivity index (χ4v) is 8.76. The van der Waals surface area contributed by atoms with Crippen molar-refractivity contribution in [2.45, 2.75) is 71.4 Å². The Labute approximate surface area is 307 Å². The van der Waals surface area contributed by atoms with Gasteiger partial charge in [0.25, 0.3) is 5.91 Å². The highest BCUT2D eigenvalue weighted by Crippen LogP contribution is 2.61. The number of aliphatic carboxylic acids is 1. The van der Waals surface area contributed by atoms with E-state index in [9.17, 15) is 24.6 Å². The number of nitrogens with one attached hydrogen (secondary N) is 2. The van der Waals surface area contributed by atoms with Gasteiger partial charge in [0.2, 0.25) is 5.91 Å². The second kappa shape index (κ2) is 16.1. The number of amides is 2. The molecule has 1 saturated heterocycles. The third-order valence-electron chi connectivity index (χ3n) is 11.9. The van der Waals surface area contributed by atoms with Crippen molar-refractivity contribution in [3.8, 4) is 16.9 Å². The summed E-state index contributed by atoms with van der Waals surface area (Å²) in [6, 6.07) is 10.4. The van der Waals surface area contributed by atoms with Crippen molar-refractivity contribution in [3.05, 3.63) is 47.5 Å². The Morgan fingerprint density at radius 1 is 1.13 bits per heavy atom. The Kier molecular flexibility index (Phi) is 12.2. The van der Waals surface area contributed by atoms with E-state index in [0.717, 1.165) is 28.8 Å². The van der Waals surface area contributed by atoms with E-state index in [1.54, 1.807) is 43.2 Å². The summed E-state index contributed by atoms with van der Waals surface area (Å²) in [7, 11) is 7.03. The zero-order chi connectivity index (χ0) is 38.1. The first-order valence-electron chi connectivity index (χ1n) is 18.3. The normalized spacial score (nSPS) is 27.1. The molecule has 5 N–H and O–H groups in total. The number of anilines is 1. The van der Waals surface area contributed by atoms with Crippen LogP contribution in [0, 0.1) is 29.1 Å². The van der Waals surface area contributed by atoms with Gasteiger partial charge in [-0.2, -0.15) is 5.06 Å². The van der Waals surface area contributed by atoms with Crippen LogP contribution in [0.4, 0.5) is 5.69 Å². The minimum atomic E-state index is -0.936. The lowest BCUT2D eigenvalue weighted by atomic mass is 9.45. The molecule has 0 aromatic heterocycles. The van der Waals surface area contributed by atoms with Gasteiger partial charge in [0.15, 0.2) is 0 Å². The number of carbonyl (C=O) groups is 3. The Morgan fingerprint density at radius 3 is 2.46 bits per heavy atom. The van der Waals surface area contributed by atoms with Gasteiger partial charge >= 0.3 is 5.97 Å². The van der Waals surface area contributed by atoms with Crippen molar-refractivity contribution in [2.75, 3.05) is 59.4 Å². The summed E-state index contributed by atoms with van der Waals surface area (Å²) in [5, 5.41) is 38.0. The molecule has 0 radical (unpaired) electrons. The number of benzene rings is 2.